The number of esters is 1. The summed E-state index contributed by atoms with van der Waals surface area (Å²) in [6, 6.07) is 0. The van der Waals surface area contributed by atoms with Crippen LogP contribution in [0.4, 0.5) is 8.78 Å². The van der Waals surface area contributed by atoms with Gasteiger partial charge in [-0.1, -0.05) is 6.58 Å². The summed E-state index contributed by atoms with van der Waals surface area (Å²) >= 11 is 0. The molecule has 4 heteroatoms. The van der Waals surface area contributed by atoms with Crippen LogP contribution in [0.3, 0.4) is 0 Å². The van der Waals surface area contributed by atoms with Crippen LogP contribution in [-0.4, -0.2) is 18.5 Å². The zero-order valence-corrected chi connectivity index (χ0v) is 6.27. The molecule has 0 spiro atoms. The number of alkyl halides is 2. The van der Waals surface area contributed by atoms with Gasteiger partial charge in [-0.25, -0.2) is 13.6 Å². The van der Waals surface area contributed by atoms with E-state index in [4.69, 9.17) is 0 Å². The molecule has 0 atom stereocenters. The number of hydrogen-bond donors (Lipinski definition) is 0. The molecule has 0 rings (SSSR count). The first-order valence-corrected chi connectivity index (χ1v) is 3.13. The maximum absolute atomic E-state index is 12.1. The smallest absolute Gasteiger partial charge is 0.330 e. The molecule has 0 N–H and O–H groups in total. The van der Waals surface area contributed by atoms with Gasteiger partial charge in [0.05, 0.1) is 6.61 Å². The van der Waals surface area contributed by atoms with Crippen molar-refractivity contribution in [1.29, 1.82) is 0 Å². The van der Waals surface area contributed by atoms with Crippen molar-refractivity contribution in [2.24, 2.45) is 0 Å². The molecule has 0 saturated heterocycles. The first-order chi connectivity index (χ1) is 4.95. The number of hydrogen-bond acceptors (Lipinski definition) is 2. The van der Waals surface area contributed by atoms with Crippen LogP contribution in [0.15, 0.2) is 12.7 Å². The van der Waals surface area contributed by atoms with Crippen LogP contribution >= 0.6 is 0 Å². The fourth-order valence-corrected chi connectivity index (χ4v) is 0.390. The van der Waals surface area contributed by atoms with E-state index in [0.29, 0.717) is 0 Å². The molecular weight excluding hydrogens is 154 g/mol. The molecule has 0 radical (unpaired) electrons. The number of carbonyl (C=O) groups excluding carboxylic acids is 1. The SMILES string of the molecule is C=CC(=O)OCCC(C)(F)F. The minimum Gasteiger partial charge on any atom is -0.462 e. The molecule has 0 bridgehead atoms. The molecule has 0 aliphatic carbocycles. The molecule has 0 amide bonds. The maximum Gasteiger partial charge on any atom is 0.330 e. The normalized spacial score (nSPS) is 10.8. The van der Waals surface area contributed by atoms with Gasteiger partial charge < -0.3 is 4.74 Å². The Kier molecular flexibility index (Phi) is 3.71. The minimum atomic E-state index is -2.78. The van der Waals surface area contributed by atoms with Crippen LogP contribution < -0.4 is 0 Å². The third kappa shape index (κ3) is 6.96. The Hall–Kier alpha value is -0.930. The van der Waals surface area contributed by atoms with Crippen LogP contribution in [-0.2, 0) is 9.53 Å². The molecule has 0 fully saturated rings. The Morgan fingerprint density at radius 3 is 2.64 bits per heavy atom. The van der Waals surface area contributed by atoms with Crippen molar-refractivity contribution in [3.8, 4) is 0 Å². The van der Waals surface area contributed by atoms with E-state index in [1.165, 1.54) is 0 Å². The largest absolute Gasteiger partial charge is 0.462 e. The van der Waals surface area contributed by atoms with Crippen molar-refractivity contribution in [3.05, 3.63) is 12.7 Å². The molecule has 0 aliphatic heterocycles. The number of rotatable bonds is 4. The lowest BCUT2D eigenvalue weighted by Crippen LogP contribution is -2.14. The summed E-state index contributed by atoms with van der Waals surface area (Å²) in [6.45, 7) is 3.62. The molecule has 0 aliphatic rings. The quantitative estimate of drug-likeness (QED) is 0.467. The van der Waals surface area contributed by atoms with Crippen molar-refractivity contribution >= 4 is 5.97 Å². The van der Waals surface area contributed by atoms with E-state index in [9.17, 15) is 13.6 Å². The van der Waals surface area contributed by atoms with Gasteiger partial charge in [0.25, 0.3) is 0 Å². The second-order valence-electron chi connectivity index (χ2n) is 2.19. The van der Waals surface area contributed by atoms with E-state index in [-0.39, 0.29) is 6.61 Å². The molecule has 2 nitrogen and oxygen atoms in total. The van der Waals surface area contributed by atoms with Crippen LogP contribution in [0, 0.1) is 0 Å². The fourth-order valence-electron chi connectivity index (χ4n) is 0.390. The standard InChI is InChI=1S/C7H10F2O2/c1-3-6(10)11-5-4-7(2,8)9/h3H,1,4-5H2,2H3. The highest BCUT2D eigenvalue weighted by atomic mass is 19.3. The highest BCUT2D eigenvalue weighted by Gasteiger charge is 2.20. The van der Waals surface area contributed by atoms with Gasteiger partial charge in [-0.15, -0.1) is 0 Å². The highest BCUT2D eigenvalue weighted by Crippen LogP contribution is 2.15. The Labute approximate surface area is 63.8 Å². The van der Waals surface area contributed by atoms with Gasteiger partial charge in [0.15, 0.2) is 0 Å². The van der Waals surface area contributed by atoms with Gasteiger partial charge in [-0.05, 0) is 6.92 Å². The third-order valence-electron chi connectivity index (χ3n) is 0.952. The number of carbonyl (C=O) groups is 1. The maximum atomic E-state index is 12.1. The number of halogens is 2. The average molecular weight is 164 g/mol. The molecule has 11 heavy (non-hydrogen) atoms. The first-order valence-electron chi connectivity index (χ1n) is 3.13. The Bertz CT molecular complexity index is 149. The van der Waals surface area contributed by atoms with Crippen LogP contribution in [0.5, 0.6) is 0 Å². The first kappa shape index (κ1) is 10.1. The van der Waals surface area contributed by atoms with E-state index < -0.39 is 18.3 Å². The highest BCUT2D eigenvalue weighted by molar-refractivity contribution is 5.81. The molecule has 0 unspecified atom stereocenters. The number of ether oxygens (including phenoxy) is 1. The van der Waals surface area contributed by atoms with Crippen molar-refractivity contribution in [3.63, 3.8) is 0 Å². The molecular formula is C7H10F2O2. The van der Waals surface area contributed by atoms with Crippen molar-refractivity contribution in [1.82, 2.24) is 0 Å². The minimum absolute atomic E-state index is 0.269. The lowest BCUT2D eigenvalue weighted by molar-refractivity contribution is -0.139. The lowest BCUT2D eigenvalue weighted by atomic mass is 10.3. The molecule has 64 valence electrons. The monoisotopic (exact) mass is 164 g/mol. The Morgan fingerprint density at radius 1 is 1.73 bits per heavy atom. The van der Waals surface area contributed by atoms with Crippen LogP contribution in [0.25, 0.3) is 0 Å². The Balaban J connectivity index is 3.42. The fraction of sp³-hybridized carbons (Fsp3) is 0.571. The summed E-state index contributed by atoms with van der Waals surface area (Å²) in [4.78, 5) is 10.3. The third-order valence-corrected chi connectivity index (χ3v) is 0.952. The van der Waals surface area contributed by atoms with Crippen molar-refractivity contribution < 1.29 is 18.3 Å². The van der Waals surface area contributed by atoms with Crippen LogP contribution in [0.2, 0.25) is 0 Å². The van der Waals surface area contributed by atoms with Gasteiger partial charge in [-0.2, -0.15) is 0 Å². The van der Waals surface area contributed by atoms with Crippen LogP contribution in [0.1, 0.15) is 13.3 Å². The second-order valence-corrected chi connectivity index (χ2v) is 2.19. The summed E-state index contributed by atoms with van der Waals surface area (Å²) in [5.74, 6) is -3.45. The summed E-state index contributed by atoms with van der Waals surface area (Å²) in [5.41, 5.74) is 0. The molecule has 0 heterocycles. The van der Waals surface area contributed by atoms with Crippen molar-refractivity contribution in [2.45, 2.75) is 19.3 Å². The Morgan fingerprint density at radius 2 is 2.27 bits per heavy atom. The lowest BCUT2D eigenvalue weighted by Gasteiger charge is -2.08. The molecule has 0 aromatic carbocycles. The van der Waals surface area contributed by atoms with Gasteiger partial charge in [0.1, 0.15) is 0 Å². The van der Waals surface area contributed by atoms with E-state index in [2.05, 4.69) is 11.3 Å². The van der Waals surface area contributed by atoms with Gasteiger partial charge in [0, 0.05) is 12.5 Å². The van der Waals surface area contributed by atoms with Gasteiger partial charge in [0.2, 0.25) is 5.92 Å². The molecule has 0 saturated carbocycles. The summed E-state index contributed by atoms with van der Waals surface area (Å²) in [6.07, 6.45) is 0.486. The predicted octanol–water partition coefficient (Wildman–Crippen LogP) is 1.76. The predicted molar refractivity (Wildman–Crippen MR) is 36.4 cm³/mol. The van der Waals surface area contributed by atoms with Gasteiger partial charge in [-0.3, -0.25) is 0 Å². The summed E-state index contributed by atoms with van der Waals surface area (Å²) in [7, 11) is 0. The topological polar surface area (TPSA) is 26.3 Å². The zero-order valence-electron chi connectivity index (χ0n) is 6.27. The van der Waals surface area contributed by atoms with E-state index in [1.807, 2.05) is 0 Å². The molecule has 0 aromatic rings. The van der Waals surface area contributed by atoms with E-state index in [0.717, 1.165) is 13.0 Å². The zero-order chi connectivity index (χ0) is 8.91. The average Bonchev–Trinajstić information content (AvgIpc) is 1.85. The summed E-state index contributed by atoms with van der Waals surface area (Å²) in [5, 5.41) is 0. The van der Waals surface area contributed by atoms with Gasteiger partial charge >= 0.3 is 5.97 Å². The summed E-state index contributed by atoms with van der Waals surface area (Å²) < 4.78 is 28.4. The van der Waals surface area contributed by atoms with Crippen molar-refractivity contribution in [2.75, 3.05) is 6.61 Å². The van der Waals surface area contributed by atoms with E-state index >= 15 is 0 Å². The second kappa shape index (κ2) is 4.05. The molecule has 0 aromatic heterocycles. The van der Waals surface area contributed by atoms with E-state index in [1.54, 1.807) is 0 Å².